The zero-order valence-corrected chi connectivity index (χ0v) is 11.9. The second-order valence-electron chi connectivity index (χ2n) is 5.04. The summed E-state index contributed by atoms with van der Waals surface area (Å²) in [4.78, 5) is 12.7. The molecule has 0 saturated carbocycles. The van der Waals surface area contributed by atoms with E-state index in [2.05, 4.69) is 0 Å². The van der Waals surface area contributed by atoms with Crippen LogP contribution < -0.4 is 9.47 Å². The predicted octanol–water partition coefficient (Wildman–Crippen LogP) is 2.60. The molecule has 0 spiro atoms. The van der Waals surface area contributed by atoms with Gasteiger partial charge >= 0.3 is 0 Å². The maximum Gasteiger partial charge on any atom is 0.209 e. The van der Waals surface area contributed by atoms with Crippen LogP contribution >= 0.6 is 0 Å². The summed E-state index contributed by atoms with van der Waals surface area (Å²) in [5, 5.41) is 0. The van der Waals surface area contributed by atoms with Gasteiger partial charge in [-0.05, 0) is 42.7 Å². The average Bonchev–Trinajstić information content (AvgIpc) is 2.79. The molecular formula is C16H17NO3. The summed E-state index contributed by atoms with van der Waals surface area (Å²) in [6.45, 7) is 2.81. The molecule has 4 nitrogen and oxygen atoms in total. The fourth-order valence-corrected chi connectivity index (χ4v) is 2.75. The molecule has 1 aromatic heterocycles. The van der Waals surface area contributed by atoms with Gasteiger partial charge in [0.2, 0.25) is 5.78 Å². The number of aromatic nitrogens is 1. The number of nitrogens with zero attached hydrogens (tertiary/aromatic N) is 1. The van der Waals surface area contributed by atoms with Crippen LogP contribution in [0.2, 0.25) is 0 Å². The number of carbonyl (C=O) groups is 1. The van der Waals surface area contributed by atoms with E-state index in [4.69, 9.17) is 9.47 Å². The molecule has 104 valence electrons. The average molecular weight is 271 g/mol. The van der Waals surface area contributed by atoms with Gasteiger partial charge in [-0.15, -0.1) is 0 Å². The van der Waals surface area contributed by atoms with Gasteiger partial charge in [0.15, 0.2) is 11.5 Å². The molecule has 0 N–H and O–H groups in total. The molecule has 0 bridgehead atoms. The van der Waals surface area contributed by atoms with Gasteiger partial charge in [0, 0.05) is 18.3 Å². The Bertz CT molecular complexity index is 685. The lowest BCUT2D eigenvalue weighted by Crippen LogP contribution is -2.06. The molecule has 0 saturated heterocycles. The fourth-order valence-electron chi connectivity index (χ4n) is 2.75. The highest BCUT2D eigenvalue weighted by atomic mass is 16.5. The quantitative estimate of drug-likeness (QED) is 0.843. The minimum atomic E-state index is 0.0477. The number of hydrogen-bond donors (Lipinski definition) is 0. The number of methoxy groups -OCH3 is 2. The SMILES string of the molecule is COc1cc2c(cc1OC)C(=O)c1cc(C)cn1CC2. The van der Waals surface area contributed by atoms with Crippen LogP contribution in [0.5, 0.6) is 11.5 Å². The first kappa shape index (κ1) is 12.8. The first-order valence-electron chi connectivity index (χ1n) is 6.60. The zero-order chi connectivity index (χ0) is 14.3. The van der Waals surface area contributed by atoms with Crippen LogP contribution in [0, 0.1) is 6.92 Å². The molecule has 1 aromatic carbocycles. The van der Waals surface area contributed by atoms with Crippen LogP contribution in [0.15, 0.2) is 24.4 Å². The van der Waals surface area contributed by atoms with E-state index in [9.17, 15) is 4.79 Å². The van der Waals surface area contributed by atoms with E-state index in [1.807, 2.05) is 29.8 Å². The first-order valence-corrected chi connectivity index (χ1v) is 6.60. The van der Waals surface area contributed by atoms with Crippen molar-refractivity contribution in [3.63, 3.8) is 0 Å². The Labute approximate surface area is 117 Å². The Morgan fingerprint density at radius 2 is 1.80 bits per heavy atom. The lowest BCUT2D eigenvalue weighted by atomic mass is 9.99. The summed E-state index contributed by atoms with van der Waals surface area (Å²) in [5.74, 6) is 1.31. The smallest absolute Gasteiger partial charge is 0.209 e. The second-order valence-corrected chi connectivity index (χ2v) is 5.04. The van der Waals surface area contributed by atoms with Gasteiger partial charge in [0.25, 0.3) is 0 Å². The van der Waals surface area contributed by atoms with Crippen LogP contribution in [-0.4, -0.2) is 24.6 Å². The van der Waals surface area contributed by atoms with Crippen LogP contribution in [0.3, 0.4) is 0 Å². The van der Waals surface area contributed by atoms with Gasteiger partial charge in [-0.3, -0.25) is 4.79 Å². The van der Waals surface area contributed by atoms with Gasteiger partial charge in [-0.25, -0.2) is 0 Å². The van der Waals surface area contributed by atoms with Crippen LogP contribution in [0.25, 0.3) is 0 Å². The van der Waals surface area contributed by atoms with Crippen molar-refractivity contribution in [2.75, 3.05) is 14.2 Å². The molecule has 3 rings (SSSR count). The summed E-state index contributed by atoms with van der Waals surface area (Å²) in [6.07, 6.45) is 2.83. The molecule has 1 aliphatic rings. The molecule has 1 aliphatic heterocycles. The van der Waals surface area contributed by atoms with E-state index < -0.39 is 0 Å². The fraction of sp³-hybridized carbons (Fsp3) is 0.312. The number of fused-ring (bicyclic) bond motifs is 2. The number of ether oxygens (including phenoxy) is 2. The number of aryl methyl sites for hydroxylation is 3. The van der Waals surface area contributed by atoms with E-state index in [-0.39, 0.29) is 5.78 Å². The summed E-state index contributed by atoms with van der Waals surface area (Å²) in [6, 6.07) is 5.63. The van der Waals surface area contributed by atoms with Crippen molar-refractivity contribution >= 4 is 5.78 Å². The number of hydrogen-bond acceptors (Lipinski definition) is 3. The van der Waals surface area contributed by atoms with Crippen molar-refractivity contribution in [1.82, 2.24) is 4.57 Å². The van der Waals surface area contributed by atoms with Crippen molar-refractivity contribution in [2.24, 2.45) is 0 Å². The summed E-state index contributed by atoms with van der Waals surface area (Å²) >= 11 is 0. The highest BCUT2D eigenvalue weighted by Crippen LogP contribution is 2.33. The Balaban J connectivity index is 2.17. The molecule has 0 amide bonds. The molecule has 2 heterocycles. The number of ketones is 1. The maximum absolute atomic E-state index is 12.7. The van der Waals surface area contributed by atoms with Crippen molar-refractivity contribution in [2.45, 2.75) is 19.9 Å². The summed E-state index contributed by atoms with van der Waals surface area (Å²) in [5.41, 5.74) is 3.57. The third-order valence-electron chi connectivity index (χ3n) is 3.74. The number of benzene rings is 1. The van der Waals surface area contributed by atoms with Crippen LogP contribution in [-0.2, 0) is 13.0 Å². The first-order chi connectivity index (χ1) is 9.63. The monoisotopic (exact) mass is 271 g/mol. The largest absolute Gasteiger partial charge is 0.493 e. The summed E-state index contributed by atoms with van der Waals surface area (Å²) in [7, 11) is 3.19. The number of rotatable bonds is 2. The molecule has 0 atom stereocenters. The highest BCUT2D eigenvalue weighted by Gasteiger charge is 2.23. The highest BCUT2D eigenvalue weighted by molar-refractivity contribution is 6.09. The Morgan fingerprint density at radius 1 is 1.10 bits per heavy atom. The minimum Gasteiger partial charge on any atom is -0.493 e. The van der Waals surface area contributed by atoms with Gasteiger partial charge < -0.3 is 14.0 Å². The lowest BCUT2D eigenvalue weighted by Gasteiger charge is -2.12. The maximum atomic E-state index is 12.7. The lowest BCUT2D eigenvalue weighted by molar-refractivity contribution is 0.103. The van der Waals surface area contributed by atoms with Gasteiger partial charge in [-0.1, -0.05) is 0 Å². The standard InChI is InChI=1S/C16H17NO3/c1-10-6-13-16(18)12-8-15(20-3)14(19-2)7-11(12)4-5-17(13)9-10/h6-9H,4-5H2,1-3H3. The second kappa shape index (κ2) is 4.71. The minimum absolute atomic E-state index is 0.0477. The van der Waals surface area contributed by atoms with Gasteiger partial charge in [-0.2, -0.15) is 0 Å². The molecular weight excluding hydrogens is 254 g/mol. The molecule has 2 aromatic rings. The molecule has 0 aliphatic carbocycles. The van der Waals surface area contributed by atoms with Crippen LogP contribution in [0.1, 0.15) is 27.2 Å². The molecule has 4 heteroatoms. The Morgan fingerprint density at radius 3 is 2.50 bits per heavy atom. The molecule has 0 unspecified atom stereocenters. The zero-order valence-electron chi connectivity index (χ0n) is 11.9. The van der Waals surface area contributed by atoms with E-state index in [1.165, 1.54) is 0 Å². The van der Waals surface area contributed by atoms with Crippen molar-refractivity contribution in [3.05, 3.63) is 46.8 Å². The number of carbonyl (C=O) groups excluding carboxylic acids is 1. The topological polar surface area (TPSA) is 40.5 Å². The van der Waals surface area contributed by atoms with Gasteiger partial charge in [0.1, 0.15) is 0 Å². The van der Waals surface area contributed by atoms with E-state index in [0.29, 0.717) is 17.1 Å². The van der Waals surface area contributed by atoms with Crippen molar-refractivity contribution in [3.8, 4) is 11.5 Å². The van der Waals surface area contributed by atoms with Crippen molar-refractivity contribution in [1.29, 1.82) is 0 Å². The van der Waals surface area contributed by atoms with Crippen LogP contribution in [0.4, 0.5) is 0 Å². The molecule has 0 fully saturated rings. The van der Waals surface area contributed by atoms with E-state index in [1.54, 1.807) is 20.3 Å². The molecule has 20 heavy (non-hydrogen) atoms. The van der Waals surface area contributed by atoms with Crippen molar-refractivity contribution < 1.29 is 14.3 Å². The summed E-state index contributed by atoms with van der Waals surface area (Å²) < 4.78 is 12.6. The van der Waals surface area contributed by atoms with Gasteiger partial charge in [0.05, 0.1) is 19.9 Å². The van der Waals surface area contributed by atoms with E-state index >= 15 is 0 Å². The third-order valence-corrected chi connectivity index (χ3v) is 3.74. The predicted molar refractivity (Wildman–Crippen MR) is 75.9 cm³/mol. The molecule has 0 radical (unpaired) electrons. The third kappa shape index (κ3) is 1.88. The normalized spacial score (nSPS) is 13.4. The van der Waals surface area contributed by atoms with E-state index in [0.717, 1.165) is 29.8 Å². The Hall–Kier alpha value is -2.23. The Kier molecular flexibility index (Phi) is 3.01.